The van der Waals surface area contributed by atoms with Crippen molar-refractivity contribution < 1.29 is 34.8 Å². The molecule has 0 heterocycles. The molecule has 1 aliphatic rings. The molecule has 3 aromatic carbocycles. The van der Waals surface area contributed by atoms with E-state index in [1.165, 1.54) is 34.1 Å². The highest BCUT2D eigenvalue weighted by Crippen LogP contribution is 2.38. The third-order valence-electron chi connectivity index (χ3n) is 4.62. The van der Waals surface area contributed by atoms with Gasteiger partial charge in [0.15, 0.2) is 11.5 Å². The van der Waals surface area contributed by atoms with Gasteiger partial charge < -0.3 is 42.6 Å². The number of Topliss-reactive ketones (excluding diaryl/α,β-unsaturated/α-hetero) is 1. The highest BCUT2D eigenvalue weighted by atomic mass is 16.3. The molecule has 1 aliphatic carbocycles. The van der Waals surface area contributed by atoms with Crippen LogP contribution in [0.15, 0.2) is 60.7 Å². The van der Waals surface area contributed by atoms with Crippen LogP contribution in [0.25, 0.3) is 38.0 Å². The molecule has 0 spiro atoms. The van der Waals surface area contributed by atoms with Crippen LogP contribution in [-0.2, 0) is 4.79 Å². The van der Waals surface area contributed by atoms with Gasteiger partial charge in [-0.05, 0) is 48.4 Å². The number of carbonyl (C=O) groups is 3. The third-order valence-corrected chi connectivity index (χ3v) is 4.62. The van der Waals surface area contributed by atoms with Crippen molar-refractivity contribution in [3.05, 3.63) is 120 Å². The molecule has 0 bridgehead atoms. The van der Waals surface area contributed by atoms with Gasteiger partial charge in [-0.15, -0.1) is 0 Å². The molecule has 3 aromatic rings. The Morgan fingerprint density at radius 1 is 0.730 bits per heavy atom. The largest absolute Gasteiger partial charge is 0.507 e. The van der Waals surface area contributed by atoms with E-state index in [1.54, 1.807) is 31.2 Å². The molecule has 0 atom stereocenters. The highest BCUT2D eigenvalue weighted by Gasteiger charge is 2.21. The lowest BCUT2D eigenvalue weighted by Gasteiger charge is -2.08. The minimum Gasteiger partial charge on any atom is -0.507 e. The summed E-state index contributed by atoms with van der Waals surface area (Å²) in [6.45, 7) is 1.76. The van der Waals surface area contributed by atoms with Gasteiger partial charge in [0.05, 0.1) is 11.1 Å². The van der Waals surface area contributed by atoms with Gasteiger partial charge in [-0.2, -0.15) is 0 Å². The van der Waals surface area contributed by atoms with Crippen LogP contribution in [0, 0.1) is 6.92 Å². The van der Waals surface area contributed by atoms with Crippen molar-refractivity contribution in [1.29, 1.82) is 0 Å². The molecule has 37 heavy (non-hydrogen) atoms. The lowest BCUT2D eigenvalue weighted by Crippen LogP contribution is -2.15. The van der Waals surface area contributed by atoms with Gasteiger partial charge in [0.1, 0.15) is 5.75 Å². The number of phenolic OH excluding ortho intramolecular Hbond substituents is 4. The maximum atomic E-state index is 12.2. The number of aryl methyl sites for hydroxylation is 1. The number of nitrogens with zero attached hydrogens (tertiary/aromatic N) is 6. The van der Waals surface area contributed by atoms with Gasteiger partial charge in [-0.3, -0.25) is 24.2 Å². The molecule has 4 rings (SSSR count). The summed E-state index contributed by atoms with van der Waals surface area (Å²) in [5.74, 6) is -3.71. The van der Waals surface area contributed by atoms with E-state index in [0.717, 1.165) is 17.2 Å². The summed E-state index contributed by atoms with van der Waals surface area (Å²) in [5, 5.41) is 37.9. The third kappa shape index (κ3) is 7.62. The second kappa shape index (κ2) is 13.8. The van der Waals surface area contributed by atoms with E-state index in [-0.39, 0.29) is 16.9 Å². The zero-order valence-electron chi connectivity index (χ0n) is 19.0. The van der Waals surface area contributed by atoms with Crippen LogP contribution in [0.2, 0.25) is 0 Å². The first-order valence-corrected chi connectivity index (χ1v) is 9.94. The molecular formula is C24H18N6O7-2. The second-order valence-corrected chi connectivity index (χ2v) is 6.97. The van der Waals surface area contributed by atoms with Crippen molar-refractivity contribution in [2.75, 3.05) is 0 Å². The SMILES string of the molecule is Cc1ccc(C(=O)c2ccc(O)c(O)c2O)c(O)c1.O=C1C=Cc2ccccc2C1=O.[N-]=[N+]=[N-].[N-]=[N+]=[N-]. The molecule has 0 aliphatic heterocycles. The summed E-state index contributed by atoms with van der Waals surface area (Å²) in [6.07, 6.45) is 2.98. The molecule has 0 radical (unpaired) electrons. The van der Waals surface area contributed by atoms with Gasteiger partial charge in [0.25, 0.3) is 0 Å². The number of aromatic hydroxyl groups is 4. The monoisotopic (exact) mass is 502 g/mol. The fourth-order valence-corrected chi connectivity index (χ4v) is 2.95. The Morgan fingerprint density at radius 2 is 1.30 bits per heavy atom. The van der Waals surface area contributed by atoms with Gasteiger partial charge in [0, 0.05) is 5.56 Å². The average molecular weight is 502 g/mol. The minimum absolute atomic E-state index is 0.00555. The van der Waals surface area contributed by atoms with Gasteiger partial charge >= 0.3 is 0 Å². The number of ketones is 3. The molecule has 13 heteroatoms. The Morgan fingerprint density at radius 3 is 1.89 bits per heavy atom. The molecule has 13 nitrogen and oxygen atoms in total. The Bertz CT molecular complexity index is 1430. The molecule has 4 N–H and O–H groups in total. The fourth-order valence-electron chi connectivity index (χ4n) is 2.95. The zero-order valence-corrected chi connectivity index (χ0v) is 19.0. The van der Waals surface area contributed by atoms with E-state index in [1.807, 2.05) is 12.1 Å². The van der Waals surface area contributed by atoms with Crippen LogP contribution >= 0.6 is 0 Å². The van der Waals surface area contributed by atoms with Crippen molar-refractivity contribution in [2.24, 2.45) is 0 Å². The quantitative estimate of drug-likeness (QED) is 0.0903. The summed E-state index contributed by atoms with van der Waals surface area (Å²) < 4.78 is 0. The van der Waals surface area contributed by atoms with Crippen LogP contribution in [-0.4, -0.2) is 37.8 Å². The normalized spacial score (nSPS) is 10.5. The van der Waals surface area contributed by atoms with Crippen LogP contribution in [0.5, 0.6) is 23.0 Å². The summed E-state index contributed by atoms with van der Waals surface area (Å²) in [4.78, 5) is 37.3. The number of hydrogen-bond donors (Lipinski definition) is 4. The van der Waals surface area contributed by atoms with Crippen LogP contribution in [0.3, 0.4) is 0 Å². The smallest absolute Gasteiger partial charge is 0.233 e. The first-order chi connectivity index (χ1) is 17.5. The summed E-state index contributed by atoms with van der Waals surface area (Å²) in [5.41, 5.74) is 28.9. The minimum atomic E-state index is -0.766. The molecule has 0 aromatic heterocycles. The van der Waals surface area contributed by atoms with Crippen molar-refractivity contribution in [2.45, 2.75) is 6.92 Å². The summed E-state index contributed by atoms with van der Waals surface area (Å²) >= 11 is 0. The summed E-state index contributed by atoms with van der Waals surface area (Å²) in [6, 6.07) is 13.8. The maximum Gasteiger partial charge on any atom is 0.233 e. The van der Waals surface area contributed by atoms with E-state index in [0.29, 0.717) is 5.56 Å². The number of hydrogen-bond acceptors (Lipinski definition) is 7. The maximum absolute atomic E-state index is 12.2. The molecule has 0 amide bonds. The fraction of sp³-hybridized carbons (Fsp3) is 0.0417. The molecule has 188 valence electrons. The standard InChI is InChI=1S/C14H12O5.C10H6O2.2N3/c1-7-2-3-8(11(16)6-7)12(17)9-4-5-10(15)14(19)13(9)18;11-9-6-5-7-3-1-2-4-8(7)10(9)12;2*1-3-2/h2-6,15-16,18-19H,1H3;1-6H;;/q;;2*-1. The van der Waals surface area contributed by atoms with E-state index in [2.05, 4.69) is 0 Å². The van der Waals surface area contributed by atoms with Crippen LogP contribution in [0.1, 0.15) is 37.4 Å². The topological polar surface area (TPSA) is 250 Å². The number of allylic oxidation sites excluding steroid dienone is 1. The molecule has 0 saturated heterocycles. The number of fused-ring (bicyclic) bond motifs is 1. The summed E-state index contributed by atoms with van der Waals surface area (Å²) in [7, 11) is 0. The Labute approximate surface area is 209 Å². The predicted molar refractivity (Wildman–Crippen MR) is 133 cm³/mol. The molecular weight excluding hydrogens is 484 g/mol. The van der Waals surface area contributed by atoms with Crippen molar-refractivity contribution in [1.82, 2.24) is 0 Å². The van der Waals surface area contributed by atoms with E-state index in [4.69, 9.17) is 22.1 Å². The first kappa shape index (κ1) is 29.3. The van der Waals surface area contributed by atoms with Crippen LogP contribution < -0.4 is 0 Å². The number of benzene rings is 3. The van der Waals surface area contributed by atoms with Crippen molar-refractivity contribution >= 4 is 23.4 Å². The Balaban J connectivity index is 0.000000324. The van der Waals surface area contributed by atoms with E-state index >= 15 is 0 Å². The molecule has 0 saturated carbocycles. The average Bonchev–Trinajstić information content (AvgIpc) is 2.86. The van der Waals surface area contributed by atoms with Crippen LogP contribution in [0.4, 0.5) is 0 Å². The lowest BCUT2D eigenvalue weighted by molar-refractivity contribution is -0.110. The number of carbonyl (C=O) groups excluding carboxylic acids is 3. The second-order valence-electron chi connectivity index (χ2n) is 6.97. The number of phenols is 4. The molecule has 0 fully saturated rings. The molecule has 0 unspecified atom stereocenters. The number of rotatable bonds is 2. The Hall–Kier alpha value is -5.77. The van der Waals surface area contributed by atoms with Gasteiger partial charge in [0.2, 0.25) is 23.1 Å². The van der Waals surface area contributed by atoms with Gasteiger partial charge in [-0.25, -0.2) is 0 Å². The van der Waals surface area contributed by atoms with Crippen molar-refractivity contribution in [3.63, 3.8) is 0 Å². The predicted octanol–water partition coefficient (Wildman–Crippen LogP) is 5.25. The zero-order chi connectivity index (χ0) is 28.1. The lowest BCUT2D eigenvalue weighted by atomic mass is 9.96. The van der Waals surface area contributed by atoms with E-state index < -0.39 is 34.6 Å². The van der Waals surface area contributed by atoms with E-state index in [9.17, 15) is 34.8 Å². The van der Waals surface area contributed by atoms with Crippen molar-refractivity contribution in [3.8, 4) is 23.0 Å². The van der Waals surface area contributed by atoms with Gasteiger partial charge in [-0.1, -0.05) is 36.4 Å². The highest BCUT2D eigenvalue weighted by molar-refractivity contribution is 6.49. The first-order valence-electron chi connectivity index (χ1n) is 9.94. The Kier molecular flexibility index (Phi) is 10.9.